The van der Waals surface area contributed by atoms with Gasteiger partial charge in [0.2, 0.25) is 0 Å². The number of hydrogen-bond acceptors (Lipinski definition) is 4. The number of carbonyl (C=O) groups is 2. The third-order valence-corrected chi connectivity index (χ3v) is 2.65. The zero-order valence-electron chi connectivity index (χ0n) is 11.5. The molecule has 0 aliphatic carbocycles. The van der Waals surface area contributed by atoms with E-state index < -0.39 is 24.0 Å². The summed E-state index contributed by atoms with van der Waals surface area (Å²) >= 11 is 0. The van der Waals surface area contributed by atoms with Crippen LogP contribution in [0.4, 0.5) is 0 Å². The molecule has 0 saturated heterocycles. The number of ether oxygens (including phenoxy) is 2. The van der Waals surface area contributed by atoms with Gasteiger partial charge in [0.15, 0.2) is 6.10 Å². The predicted molar refractivity (Wildman–Crippen MR) is 72.6 cm³/mol. The molecule has 2 N–H and O–H groups in total. The van der Waals surface area contributed by atoms with Crippen LogP contribution in [0.1, 0.15) is 13.3 Å². The molecule has 6 heteroatoms. The van der Waals surface area contributed by atoms with E-state index in [4.69, 9.17) is 14.6 Å². The molecule has 0 saturated carbocycles. The zero-order chi connectivity index (χ0) is 15.0. The first kappa shape index (κ1) is 16.0. The van der Waals surface area contributed by atoms with Crippen LogP contribution < -0.4 is 10.1 Å². The molecule has 0 aliphatic rings. The van der Waals surface area contributed by atoms with E-state index in [1.54, 1.807) is 31.2 Å². The van der Waals surface area contributed by atoms with E-state index in [0.29, 0.717) is 5.75 Å². The third kappa shape index (κ3) is 5.27. The van der Waals surface area contributed by atoms with Gasteiger partial charge in [-0.3, -0.25) is 4.79 Å². The summed E-state index contributed by atoms with van der Waals surface area (Å²) in [4.78, 5) is 22.9. The minimum atomic E-state index is -1.10. The maximum atomic E-state index is 11.9. The molecular weight excluding hydrogens is 262 g/mol. The fourth-order valence-electron chi connectivity index (χ4n) is 1.54. The molecule has 2 unspecified atom stereocenters. The Labute approximate surface area is 117 Å². The van der Waals surface area contributed by atoms with Crippen molar-refractivity contribution < 1.29 is 24.2 Å². The first-order chi connectivity index (χ1) is 9.54. The number of carboxylic acid groups (broad SMARTS) is 1. The number of methoxy groups -OCH3 is 1. The van der Waals surface area contributed by atoms with Gasteiger partial charge < -0.3 is 19.9 Å². The van der Waals surface area contributed by atoms with Gasteiger partial charge in [-0.2, -0.15) is 0 Å². The highest BCUT2D eigenvalue weighted by atomic mass is 16.5. The van der Waals surface area contributed by atoms with Gasteiger partial charge in [-0.25, -0.2) is 4.79 Å². The summed E-state index contributed by atoms with van der Waals surface area (Å²) in [5, 5.41) is 11.4. The van der Waals surface area contributed by atoms with Crippen molar-refractivity contribution in [3.05, 3.63) is 30.3 Å². The average molecular weight is 281 g/mol. The van der Waals surface area contributed by atoms with Crippen LogP contribution in [-0.2, 0) is 14.3 Å². The van der Waals surface area contributed by atoms with Crippen LogP contribution >= 0.6 is 0 Å². The summed E-state index contributed by atoms with van der Waals surface area (Å²) in [6.07, 6.45) is -0.572. The Morgan fingerprint density at radius 1 is 1.30 bits per heavy atom. The van der Waals surface area contributed by atoms with Crippen molar-refractivity contribution in [1.29, 1.82) is 0 Å². The monoisotopic (exact) mass is 281 g/mol. The van der Waals surface area contributed by atoms with E-state index >= 15 is 0 Å². The van der Waals surface area contributed by atoms with Crippen LogP contribution in [0.15, 0.2) is 30.3 Å². The molecule has 2 atom stereocenters. The van der Waals surface area contributed by atoms with Crippen molar-refractivity contribution in [2.24, 2.45) is 0 Å². The average Bonchev–Trinajstić information content (AvgIpc) is 2.43. The van der Waals surface area contributed by atoms with E-state index in [2.05, 4.69) is 5.32 Å². The largest absolute Gasteiger partial charge is 0.481 e. The molecule has 0 bridgehead atoms. The number of hydrogen-bond donors (Lipinski definition) is 2. The molecule has 0 spiro atoms. The fraction of sp³-hybridized carbons (Fsp3) is 0.429. The first-order valence-electron chi connectivity index (χ1n) is 6.28. The van der Waals surface area contributed by atoms with Gasteiger partial charge in [0.1, 0.15) is 11.8 Å². The van der Waals surface area contributed by atoms with Crippen molar-refractivity contribution in [2.75, 3.05) is 13.7 Å². The standard InChI is InChI=1S/C14H19NO5/c1-10(20-11-6-4-3-5-7-11)13(16)15-12(14(17)18)8-9-19-2/h3-7,10,12H,8-9H2,1-2H3,(H,15,16)(H,17,18). The van der Waals surface area contributed by atoms with Gasteiger partial charge in [-0.05, 0) is 19.1 Å². The molecule has 0 aliphatic heterocycles. The lowest BCUT2D eigenvalue weighted by atomic mass is 10.2. The Hall–Kier alpha value is -2.08. The van der Waals surface area contributed by atoms with E-state index in [-0.39, 0.29) is 13.0 Å². The van der Waals surface area contributed by atoms with Crippen LogP contribution in [0.3, 0.4) is 0 Å². The Morgan fingerprint density at radius 2 is 1.95 bits per heavy atom. The van der Waals surface area contributed by atoms with E-state index in [1.807, 2.05) is 6.07 Å². The summed E-state index contributed by atoms with van der Waals surface area (Å²) < 4.78 is 10.2. The van der Waals surface area contributed by atoms with Gasteiger partial charge in [-0.1, -0.05) is 18.2 Å². The topological polar surface area (TPSA) is 84.9 Å². The lowest BCUT2D eigenvalue weighted by Crippen LogP contribution is -2.46. The highest BCUT2D eigenvalue weighted by Gasteiger charge is 2.23. The Bertz CT molecular complexity index is 434. The van der Waals surface area contributed by atoms with E-state index in [1.165, 1.54) is 7.11 Å². The van der Waals surface area contributed by atoms with Gasteiger partial charge in [-0.15, -0.1) is 0 Å². The molecule has 1 aromatic rings. The Morgan fingerprint density at radius 3 is 2.50 bits per heavy atom. The second-order valence-electron chi connectivity index (χ2n) is 4.25. The van der Waals surface area contributed by atoms with Gasteiger partial charge in [0.25, 0.3) is 5.91 Å². The molecule has 1 rings (SSSR count). The molecule has 20 heavy (non-hydrogen) atoms. The molecular formula is C14H19NO5. The van der Waals surface area contributed by atoms with E-state index in [0.717, 1.165) is 0 Å². The second-order valence-corrected chi connectivity index (χ2v) is 4.25. The number of carboxylic acids is 1. The van der Waals surface area contributed by atoms with Crippen molar-refractivity contribution in [1.82, 2.24) is 5.32 Å². The molecule has 0 heterocycles. The first-order valence-corrected chi connectivity index (χ1v) is 6.28. The van der Waals surface area contributed by atoms with Crippen molar-refractivity contribution in [3.63, 3.8) is 0 Å². The smallest absolute Gasteiger partial charge is 0.326 e. The summed E-state index contributed by atoms with van der Waals surface area (Å²) in [5.74, 6) is -1.02. The number of carbonyl (C=O) groups excluding carboxylic acids is 1. The molecule has 0 fully saturated rings. The molecule has 0 aromatic heterocycles. The number of aliphatic carboxylic acids is 1. The number of para-hydroxylation sites is 1. The van der Waals surface area contributed by atoms with Crippen molar-refractivity contribution in [2.45, 2.75) is 25.5 Å². The van der Waals surface area contributed by atoms with Crippen molar-refractivity contribution in [3.8, 4) is 5.75 Å². The Balaban J connectivity index is 2.53. The third-order valence-electron chi connectivity index (χ3n) is 2.65. The minimum Gasteiger partial charge on any atom is -0.481 e. The van der Waals surface area contributed by atoms with Crippen LogP contribution in [0, 0.1) is 0 Å². The molecule has 1 aromatic carbocycles. The van der Waals surface area contributed by atoms with Crippen LogP contribution in [0.5, 0.6) is 5.75 Å². The number of rotatable bonds is 8. The lowest BCUT2D eigenvalue weighted by molar-refractivity contribution is -0.143. The maximum absolute atomic E-state index is 11.9. The molecule has 110 valence electrons. The van der Waals surface area contributed by atoms with Gasteiger partial charge >= 0.3 is 5.97 Å². The van der Waals surface area contributed by atoms with Gasteiger partial charge in [0, 0.05) is 20.1 Å². The molecule has 1 amide bonds. The van der Waals surface area contributed by atoms with Crippen LogP contribution in [0.2, 0.25) is 0 Å². The highest BCUT2D eigenvalue weighted by Crippen LogP contribution is 2.11. The maximum Gasteiger partial charge on any atom is 0.326 e. The summed E-state index contributed by atoms with van der Waals surface area (Å²) in [7, 11) is 1.47. The summed E-state index contributed by atoms with van der Waals surface area (Å²) in [6.45, 7) is 1.82. The molecule has 0 radical (unpaired) electrons. The second kappa shape index (κ2) is 8.16. The predicted octanol–water partition coefficient (Wildman–Crippen LogP) is 1.06. The SMILES string of the molecule is COCCC(NC(=O)C(C)Oc1ccccc1)C(=O)O. The fourth-order valence-corrected chi connectivity index (χ4v) is 1.54. The van der Waals surface area contributed by atoms with Crippen LogP contribution in [0.25, 0.3) is 0 Å². The minimum absolute atomic E-state index is 0.204. The normalized spacial score (nSPS) is 13.3. The van der Waals surface area contributed by atoms with Gasteiger partial charge in [0.05, 0.1) is 0 Å². The molecule has 6 nitrogen and oxygen atoms in total. The van der Waals surface area contributed by atoms with Crippen molar-refractivity contribution >= 4 is 11.9 Å². The Kier molecular flexibility index (Phi) is 6.52. The van der Waals surface area contributed by atoms with E-state index in [9.17, 15) is 9.59 Å². The van der Waals surface area contributed by atoms with Crippen LogP contribution in [-0.4, -0.2) is 42.8 Å². The number of nitrogens with one attached hydrogen (secondary N) is 1. The summed E-state index contributed by atoms with van der Waals surface area (Å²) in [6, 6.07) is 7.89. The summed E-state index contributed by atoms with van der Waals surface area (Å²) in [5.41, 5.74) is 0. The number of amides is 1. The highest BCUT2D eigenvalue weighted by molar-refractivity contribution is 5.86. The quantitative estimate of drug-likeness (QED) is 0.744. The zero-order valence-corrected chi connectivity index (χ0v) is 11.5. The number of benzene rings is 1. The lowest BCUT2D eigenvalue weighted by Gasteiger charge is -2.18.